The lowest BCUT2D eigenvalue weighted by atomic mass is 10.1. The highest BCUT2D eigenvalue weighted by Crippen LogP contribution is 2.17. The molecular formula is C21H25NO5. The number of amides is 1. The van der Waals surface area contributed by atoms with Crippen LogP contribution in [0.15, 0.2) is 42.5 Å². The van der Waals surface area contributed by atoms with Gasteiger partial charge in [-0.15, -0.1) is 0 Å². The van der Waals surface area contributed by atoms with Gasteiger partial charge in [0.1, 0.15) is 5.75 Å². The van der Waals surface area contributed by atoms with Gasteiger partial charge in [-0.1, -0.05) is 12.1 Å². The number of carbonyl (C=O) groups is 2. The summed E-state index contributed by atoms with van der Waals surface area (Å²) in [6.07, 6.45) is 1.78. The van der Waals surface area contributed by atoms with Crippen molar-refractivity contribution in [1.29, 1.82) is 0 Å². The first-order valence-electron chi connectivity index (χ1n) is 8.83. The number of unbranched alkanes of at least 4 members (excludes halogenated alkanes) is 1. The summed E-state index contributed by atoms with van der Waals surface area (Å²) < 4.78 is 10.7. The monoisotopic (exact) mass is 371 g/mol. The largest absolute Gasteiger partial charge is 0.494 e. The van der Waals surface area contributed by atoms with Crippen molar-refractivity contribution in [3.8, 4) is 5.75 Å². The van der Waals surface area contributed by atoms with Crippen molar-refractivity contribution in [2.45, 2.75) is 32.8 Å². The molecule has 2 N–H and O–H groups in total. The Morgan fingerprint density at radius 1 is 1.11 bits per heavy atom. The van der Waals surface area contributed by atoms with Crippen LogP contribution in [0.25, 0.3) is 0 Å². The third kappa shape index (κ3) is 7.11. The third-order valence-corrected chi connectivity index (χ3v) is 3.89. The van der Waals surface area contributed by atoms with Crippen molar-refractivity contribution >= 4 is 17.6 Å². The molecule has 2 rings (SSSR count). The van der Waals surface area contributed by atoms with E-state index in [1.54, 1.807) is 6.07 Å². The van der Waals surface area contributed by atoms with E-state index in [1.807, 2.05) is 31.2 Å². The molecule has 2 aromatic rings. The topological polar surface area (TPSA) is 84.9 Å². The average Bonchev–Trinajstić information content (AvgIpc) is 2.61. The molecule has 0 aliphatic carbocycles. The molecule has 27 heavy (non-hydrogen) atoms. The molecule has 0 radical (unpaired) electrons. The number of methoxy groups -OCH3 is 1. The smallest absolute Gasteiger partial charge is 0.335 e. The quantitative estimate of drug-likeness (QED) is 0.616. The number of ether oxygens (including phenoxy) is 2. The summed E-state index contributed by atoms with van der Waals surface area (Å²) in [7, 11) is 1.53. The van der Waals surface area contributed by atoms with Crippen molar-refractivity contribution in [3.63, 3.8) is 0 Å². The van der Waals surface area contributed by atoms with Gasteiger partial charge in [-0.3, -0.25) is 4.79 Å². The van der Waals surface area contributed by atoms with Crippen LogP contribution in [-0.4, -0.2) is 30.7 Å². The zero-order valence-corrected chi connectivity index (χ0v) is 15.7. The van der Waals surface area contributed by atoms with E-state index < -0.39 is 5.97 Å². The molecule has 0 fully saturated rings. The fourth-order valence-electron chi connectivity index (χ4n) is 2.64. The number of carboxylic acids is 1. The van der Waals surface area contributed by atoms with Crippen LogP contribution in [0, 0.1) is 6.92 Å². The first-order valence-corrected chi connectivity index (χ1v) is 8.83. The van der Waals surface area contributed by atoms with E-state index in [4.69, 9.17) is 9.47 Å². The van der Waals surface area contributed by atoms with Crippen molar-refractivity contribution in [3.05, 3.63) is 59.2 Å². The lowest BCUT2D eigenvalue weighted by molar-refractivity contribution is -0.116. The maximum absolute atomic E-state index is 12.1. The van der Waals surface area contributed by atoms with Crippen molar-refractivity contribution < 1.29 is 24.2 Å². The summed E-state index contributed by atoms with van der Waals surface area (Å²) in [5.41, 5.74) is 2.41. The maximum Gasteiger partial charge on any atom is 0.335 e. The van der Waals surface area contributed by atoms with E-state index >= 15 is 0 Å². The summed E-state index contributed by atoms with van der Waals surface area (Å²) in [6, 6.07) is 12.5. The van der Waals surface area contributed by atoms with Gasteiger partial charge in [0.15, 0.2) is 0 Å². The van der Waals surface area contributed by atoms with E-state index in [-0.39, 0.29) is 18.1 Å². The molecule has 0 aliphatic rings. The molecule has 6 nitrogen and oxygen atoms in total. The number of carbonyl (C=O) groups excluding carboxylic acids is 1. The molecule has 1 amide bonds. The minimum atomic E-state index is -1.04. The van der Waals surface area contributed by atoms with Gasteiger partial charge in [0.05, 0.1) is 18.8 Å². The minimum Gasteiger partial charge on any atom is -0.494 e. The molecule has 0 saturated carbocycles. The van der Waals surface area contributed by atoms with Gasteiger partial charge in [-0.2, -0.15) is 0 Å². The number of hydrogen-bond acceptors (Lipinski definition) is 4. The minimum absolute atomic E-state index is 0.117. The zero-order valence-electron chi connectivity index (χ0n) is 15.7. The molecule has 2 aromatic carbocycles. The number of aromatic carboxylic acids is 1. The van der Waals surface area contributed by atoms with E-state index in [1.165, 1.54) is 19.2 Å². The number of aryl methyl sites for hydroxylation is 1. The van der Waals surface area contributed by atoms with Gasteiger partial charge in [-0.25, -0.2) is 4.79 Å². The fraction of sp³-hybridized carbons (Fsp3) is 0.333. The molecule has 0 saturated heterocycles. The maximum atomic E-state index is 12.1. The molecule has 0 heterocycles. The van der Waals surface area contributed by atoms with Crippen molar-refractivity contribution in [2.24, 2.45) is 0 Å². The van der Waals surface area contributed by atoms with Crippen LogP contribution in [-0.2, 0) is 16.1 Å². The number of hydrogen-bond donors (Lipinski definition) is 2. The Hall–Kier alpha value is -2.86. The molecule has 0 aliphatic heterocycles. The van der Waals surface area contributed by atoms with E-state index in [2.05, 4.69) is 5.32 Å². The Bertz CT molecular complexity index is 788. The van der Waals surface area contributed by atoms with E-state index in [9.17, 15) is 14.7 Å². The molecule has 0 atom stereocenters. The third-order valence-electron chi connectivity index (χ3n) is 3.89. The normalized spacial score (nSPS) is 10.4. The Labute approximate surface area is 159 Å². The standard InChI is InChI=1S/C21H25NO5/c1-15-6-5-7-19(10-15)27-9-4-3-8-20(23)22-18-12-16(14-26-2)11-17(13-18)21(24)25/h5-7,10-13H,3-4,8-9,14H2,1-2H3,(H,22,23)(H,24,25). The lowest BCUT2D eigenvalue weighted by Crippen LogP contribution is -2.13. The van der Waals surface area contributed by atoms with Crippen LogP contribution >= 0.6 is 0 Å². The van der Waals surface area contributed by atoms with Gasteiger partial charge in [0.2, 0.25) is 5.91 Å². The van der Waals surface area contributed by atoms with Crippen LogP contribution in [0.3, 0.4) is 0 Å². The summed E-state index contributed by atoms with van der Waals surface area (Å²) in [4.78, 5) is 23.3. The molecule has 0 unspecified atom stereocenters. The van der Waals surface area contributed by atoms with Gasteiger partial charge in [-0.05, 0) is 61.2 Å². The number of nitrogens with one attached hydrogen (secondary N) is 1. The van der Waals surface area contributed by atoms with Crippen molar-refractivity contribution in [2.75, 3.05) is 19.0 Å². The Morgan fingerprint density at radius 3 is 2.63 bits per heavy atom. The number of rotatable bonds is 10. The van der Waals surface area contributed by atoms with Gasteiger partial charge in [0.25, 0.3) is 0 Å². The second kappa shape index (κ2) is 10.3. The Morgan fingerprint density at radius 2 is 1.93 bits per heavy atom. The highest BCUT2D eigenvalue weighted by molar-refractivity contribution is 5.94. The summed E-state index contributed by atoms with van der Waals surface area (Å²) in [5, 5.41) is 11.9. The molecule has 144 valence electrons. The number of benzene rings is 2. The van der Waals surface area contributed by atoms with Gasteiger partial charge >= 0.3 is 5.97 Å². The van der Waals surface area contributed by atoms with Gasteiger partial charge in [0, 0.05) is 19.2 Å². The lowest BCUT2D eigenvalue weighted by Gasteiger charge is -2.10. The summed E-state index contributed by atoms with van der Waals surface area (Å²) in [5.74, 6) is -0.371. The molecule has 0 aromatic heterocycles. The number of carboxylic acid groups (broad SMARTS) is 1. The highest BCUT2D eigenvalue weighted by atomic mass is 16.5. The van der Waals surface area contributed by atoms with Crippen LogP contribution in [0.2, 0.25) is 0 Å². The second-order valence-corrected chi connectivity index (χ2v) is 6.33. The first-order chi connectivity index (χ1) is 13.0. The second-order valence-electron chi connectivity index (χ2n) is 6.33. The van der Waals surface area contributed by atoms with Crippen LogP contribution in [0.5, 0.6) is 5.75 Å². The van der Waals surface area contributed by atoms with Crippen LogP contribution < -0.4 is 10.1 Å². The first kappa shape index (κ1) is 20.5. The Balaban J connectivity index is 1.78. The predicted molar refractivity (Wildman–Crippen MR) is 103 cm³/mol. The zero-order chi connectivity index (χ0) is 19.6. The SMILES string of the molecule is COCc1cc(NC(=O)CCCCOc2cccc(C)c2)cc(C(=O)O)c1. The Kier molecular flexibility index (Phi) is 7.82. The van der Waals surface area contributed by atoms with Crippen LogP contribution in [0.4, 0.5) is 5.69 Å². The van der Waals surface area contributed by atoms with Gasteiger partial charge < -0.3 is 19.9 Å². The van der Waals surface area contributed by atoms with Crippen molar-refractivity contribution in [1.82, 2.24) is 0 Å². The summed E-state index contributed by atoms with van der Waals surface area (Å²) >= 11 is 0. The predicted octanol–water partition coefficient (Wildman–Crippen LogP) is 4.03. The molecule has 0 bridgehead atoms. The van der Waals surface area contributed by atoms with E-state index in [0.29, 0.717) is 30.7 Å². The number of anilines is 1. The van der Waals surface area contributed by atoms with E-state index in [0.717, 1.165) is 17.7 Å². The highest BCUT2D eigenvalue weighted by Gasteiger charge is 2.09. The average molecular weight is 371 g/mol. The molecule has 0 spiro atoms. The summed E-state index contributed by atoms with van der Waals surface area (Å²) in [6.45, 7) is 2.83. The fourth-order valence-corrected chi connectivity index (χ4v) is 2.64. The molecular weight excluding hydrogens is 346 g/mol. The van der Waals surface area contributed by atoms with Crippen LogP contribution in [0.1, 0.15) is 40.7 Å². The molecule has 6 heteroatoms.